The number of piperidine rings is 1. The van der Waals surface area contributed by atoms with Crippen LogP contribution in [0, 0.1) is 11.7 Å². The maximum atomic E-state index is 15.0. The molecular weight excluding hydrogens is 489 g/mol. The topological polar surface area (TPSA) is 108 Å². The van der Waals surface area contributed by atoms with Gasteiger partial charge in [-0.15, -0.1) is 0 Å². The Morgan fingerprint density at radius 2 is 1.92 bits per heavy atom. The third-order valence-electron chi connectivity index (χ3n) is 7.96. The third-order valence-corrected chi connectivity index (χ3v) is 7.96. The third kappa shape index (κ3) is 5.23. The number of morpholine rings is 1. The molecule has 2 fully saturated rings. The van der Waals surface area contributed by atoms with Crippen LogP contribution >= 0.6 is 0 Å². The lowest BCUT2D eigenvalue weighted by Gasteiger charge is -2.39. The number of likely N-dealkylation sites (N-methyl/N-ethyl adjacent to an activating group) is 1. The Hall–Kier alpha value is -3.15. The van der Waals surface area contributed by atoms with Crippen LogP contribution in [0.15, 0.2) is 18.2 Å². The van der Waals surface area contributed by atoms with E-state index in [-0.39, 0.29) is 17.5 Å². The Morgan fingerprint density at radius 1 is 1.16 bits per heavy atom. The molecule has 1 aromatic heterocycles. The van der Waals surface area contributed by atoms with E-state index in [1.807, 2.05) is 4.90 Å². The minimum Gasteiger partial charge on any atom is -0.370 e. The number of nitrogens with one attached hydrogen (secondary N) is 3. The number of carbonyl (C=O) groups excluding carboxylic acids is 2. The molecule has 0 aliphatic carbocycles. The van der Waals surface area contributed by atoms with Crippen molar-refractivity contribution < 1.29 is 18.7 Å². The Labute approximate surface area is 222 Å². The van der Waals surface area contributed by atoms with E-state index in [9.17, 15) is 9.59 Å². The van der Waals surface area contributed by atoms with Crippen molar-refractivity contribution in [2.75, 3.05) is 57.8 Å². The van der Waals surface area contributed by atoms with Gasteiger partial charge < -0.3 is 25.6 Å². The summed E-state index contributed by atoms with van der Waals surface area (Å²) in [6, 6.07) is 4.14. The first-order valence-corrected chi connectivity index (χ1v) is 13.6. The molecule has 4 heterocycles. The van der Waals surface area contributed by atoms with E-state index < -0.39 is 11.8 Å². The first-order valence-electron chi connectivity index (χ1n) is 13.6. The molecule has 2 saturated heterocycles. The molecule has 0 unspecified atom stereocenters. The number of rotatable bonds is 6. The van der Waals surface area contributed by atoms with Gasteiger partial charge in [0.15, 0.2) is 5.82 Å². The van der Waals surface area contributed by atoms with E-state index in [4.69, 9.17) is 14.7 Å². The number of benzene rings is 1. The fourth-order valence-electron chi connectivity index (χ4n) is 5.69. The van der Waals surface area contributed by atoms with E-state index in [0.717, 1.165) is 62.6 Å². The summed E-state index contributed by atoms with van der Waals surface area (Å²) in [5.74, 6) is 0.970. The van der Waals surface area contributed by atoms with Crippen LogP contribution in [0.2, 0.25) is 0 Å². The second kappa shape index (κ2) is 11.3. The summed E-state index contributed by atoms with van der Waals surface area (Å²) in [5, 5.41) is 8.45. The Balaban J connectivity index is 1.50. The maximum absolute atomic E-state index is 15.0. The Bertz CT molecular complexity index is 1200. The van der Waals surface area contributed by atoms with Crippen molar-refractivity contribution in [1.82, 2.24) is 30.0 Å². The molecule has 10 nitrogen and oxygen atoms in total. The van der Waals surface area contributed by atoms with Gasteiger partial charge in [-0.25, -0.2) is 14.2 Å². The Kier molecular flexibility index (Phi) is 7.87. The SMILES string of the molecule is CCNC(=O)Nc1ccc(-c2nc3c(c([N+]4(CC)CCOCC4)n2)CN(C(=O)C2CCNCC2)C3)cc1F. The fraction of sp³-hybridized carbons (Fsp3) is 0.556. The van der Waals surface area contributed by atoms with E-state index in [2.05, 4.69) is 22.9 Å². The van der Waals surface area contributed by atoms with Gasteiger partial charge >= 0.3 is 6.03 Å². The number of hydrogen-bond acceptors (Lipinski definition) is 6. The molecule has 38 heavy (non-hydrogen) atoms. The average molecular weight is 527 g/mol. The molecule has 0 saturated carbocycles. The molecule has 1 aromatic carbocycles. The number of urea groups is 1. The zero-order valence-electron chi connectivity index (χ0n) is 22.2. The summed E-state index contributed by atoms with van der Waals surface area (Å²) in [5.41, 5.74) is 2.45. The van der Waals surface area contributed by atoms with E-state index in [1.165, 1.54) is 12.1 Å². The molecule has 2 aromatic rings. The summed E-state index contributed by atoms with van der Waals surface area (Å²) < 4.78 is 21.3. The van der Waals surface area contributed by atoms with Crippen molar-refractivity contribution in [3.63, 3.8) is 0 Å². The van der Waals surface area contributed by atoms with Crippen LogP contribution in [0.1, 0.15) is 37.9 Å². The minimum atomic E-state index is -0.562. The van der Waals surface area contributed by atoms with Crippen LogP contribution in [0.5, 0.6) is 0 Å². The van der Waals surface area contributed by atoms with Crippen LogP contribution in [0.4, 0.5) is 20.7 Å². The molecular formula is C27H37FN7O3+. The van der Waals surface area contributed by atoms with Crippen molar-refractivity contribution in [2.24, 2.45) is 5.92 Å². The molecule has 0 atom stereocenters. The number of anilines is 1. The highest BCUT2D eigenvalue weighted by Gasteiger charge is 2.41. The number of amides is 3. The minimum absolute atomic E-state index is 0.0261. The standard InChI is InChI=1S/C27H36FN7O3/c1-3-30-27(37)32-22-6-5-19(15-21(22)28)24-31-23-17-34(26(36)18-7-9-29-10-8-18)16-20(23)25(33-24)35(4-2)11-13-38-14-12-35/h5-6,15,18,29H,3-4,7-14,16-17H2,1-2H3,(H-,30,31,32,33,37)/p+1. The number of fused-ring (bicyclic) bond motifs is 1. The first-order chi connectivity index (χ1) is 18.4. The summed E-state index contributed by atoms with van der Waals surface area (Å²) >= 11 is 0. The van der Waals surface area contributed by atoms with Crippen LogP contribution in [-0.4, -0.2) is 79.3 Å². The van der Waals surface area contributed by atoms with E-state index in [1.54, 1.807) is 13.0 Å². The molecule has 0 radical (unpaired) electrons. The highest BCUT2D eigenvalue weighted by molar-refractivity contribution is 5.89. The molecule has 11 heteroatoms. The Morgan fingerprint density at radius 3 is 2.61 bits per heavy atom. The predicted molar refractivity (Wildman–Crippen MR) is 143 cm³/mol. The van der Waals surface area contributed by atoms with Gasteiger partial charge in [-0.3, -0.25) is 9.28 Å². The lowest BCUT2D eigenvalue weighted by atomic mass is 9.97. The van der Waals surface area contributed by atoms with Crippen molar-refractivity contribution in [2.45, 2.75) is 39.8 Å². The molecule has 5 rings (SSSR count). The lowest BCUT2D eigenvalue weighted by Crippen LogP contribution is -2.57. The van der Waals surface area contributed by atoms with Gasteiger partial charge in [-0.2, -0.15) is 4.98 Å². The molecule has 0 spiro atoms. The average Bonchev–Trinajstić information content (AvgIpc) is 3.38. The van der Waals surface area contributed by atoms with Gasteiger partial charge in [0.25, 0.3) is 0 Å². The van der Waals surface area contributed by atoms with E-state index >= 15 is 4.39 Å². The quantitative estimate of drug-likeness (QED) is 0.500. The van der Waals surface area contributed by atoms with Crippen molar-refractivity contribution >= 4 is 23.4 Å². The highest BCUT2D eigenvalue weighted by Crippen LogP contribution is 2.37. The lowest BCUT2D eigenvalue weighted by molar-refractivity contribution is -0.137. The molecule has 3 aliphatic rings. The summed E-state index contributed by atoms with van der Waals surface area (Å²) in [4.78, 5) is 37.1. The van der Waals surface area contributed by atoms with Crippen LogP contribution in [-0.2, 0) is 22.6 Å². The zero-order valence-corrected chi connectivity index (χ0v) is 22.2. The number of nitrogens with zero attached hydrogens (tertiary/aromatic N) is 4. The number of halogens is 1. The number of carbonyl (C=O) groups is 2. The van der Waals surface area contributed by atoms with Gasteiger partial charge in [0.05, 0.1) is 49.8 Å². The molecule has 3 aliphatic heterocycles. The molecule has 204 valence electrons. The molecule has 0 bridgehead atoms. The van der Waals surface area contributed by atoms with Crippen molar-refractivity contribution in [1.29, 1.82) is 0 Å². The second-order valence-corrected chi connectivity index (χ2v) is 10.2. The monoisotopic (exact) mass is 526 g/mol. The smallest absolute Gasteiger partial charge is 0.319 e. The molecule has 3 N–H and O–H groups in total. The van der Waals surface area contributed by atoms with Crippen molar-refractivity contribution in [3.8, 4) is 11.4 Å². The van der Waals surface area contributed by atoms with Gasteiger partial charge in [0, 0.05) is 18.0 Å². The maximum Gasteiger partial charge on any atom is 0.319 e. The largest absolute Gasteiger partial charge is 0.370 e. The number of aromatic nitrogens is 2. The summed E-state index contributed by atoms with van der Waals surface area (Å²) in [6.45, 7) is 10.7. The summed E-state index contributed by atoms with van der Waals surface area (Å²) in [7, 11) is 0. The predicted octanol–water partition coefficient (Wildman–Crippen LogP) is 2.62. The highest BCUT2D eigenvalue weighted by atomic mass is 19.1. The van der Waals surface area contributed by atoms with Crippen LogP contribution < -0.4 is 20.4 Å². The van der Waals surface area contributed by atoms with Gasteiger partial charge in [0.1, 0.15) is 18.9 Å². The number of hydrogen-bond donors (Lipinski definition) is 3. The van der Waals surface area contributed by atoms with Crippen LogP contribution in [0.25, 0.3) is 11.4 Å². The molecule has 3 amide bonds. The zero-order chi connectivity index (χ0) is 26.7. The number of ether oxygens (including phenoxy) is 1. The first kappa shape index (κ1) is 26.5. The van der Waals surface area contributed by atoms with Crippen LogP contribution in [0.3, 0.4) is 0 Å². The van der Waals surface area contributed by atoms with Gasteiger partial charge in [0.2, 0.25) is 11.7 Å². The fourth-order valence-corrected chi connectivity index (χ4v) is 5.69. The van der Waals surface area contributed by atoms with E-state index in [0.29, 0.717) is 48.7 Å². The van der Waals surface area contributed by atoms with Gasteiger partial charge in [-0.05, 0) is 58.0 Å². The van der Waals surface area contributed by atoms with Gasteiger partial charge in [-0.1, -0.05) is 0 Å². The van der Waals surface area contributed by atoms with Crippen molar-refractivity contribution in [3.05, 3.63) is 35.3 Å². The number of quaternary nitrogens is 1. The summed E-state index contributed by atoms with van der Waals surface area (Å²) in [6.07, 6.45) is 1.69. The normalized spacial score (nSPS) is 19.2. The second-order valence-electron chi connectivity index (χ2n) is 10.2.